The lowest BCUT2D eigenvalue weighted by Crippen LogP contribution is -2.43. The van der Waals surface area contributed by atoms with Gasteiger partial charge in [0, 0.05) is 44.2 Å². The fourth-order valence-electron chi connectivity index (χ4n) is 2.76. The number of anilines is 1. The summed E-state index contributed by atoms with van der Waals surface area (Å²) < 4.78 is 0. The second-order valence-electron chi connectivity index (χ2n) is 5.29. The van der Waals surface area contributed by atoms with E-state index < -0.39 is 0 Å². The molecule has 4 nitrogen and oxygen atoms in total. The molecule has 1 aromatic carbocycles. The van der Waals surface area contributed by atoms with Gasteiger partial charge >= 0.3 is 0 Å². The van der Waals surface area contributed by atoms with Gasteiger partial charge in [-0.05, 0) is 31.2 Å². The number of fused-ring (bicyclic) bond motifs is 1. The number of para-hydroxylation sites is 1. The number of aliphatic imine (C=N–C) groups is 1. The van der Waals surface area contributed by atoms with Crippen LogP contribution in [-0.2, 0) is 6.42 Å². The van der Waals surface area contributed by atoms with E-state index in [1.165, 1.54) is 11.3 Å². The highest BCUT2D eigenvalue weighted by molar-refractivity contribution is 7.98. The zero-order valence-electron chi connectivity index (χ0n) is 13.2. The lowest BCUT2D eigenvalue weighted by molar-refractivity contribution is 0.657. The summed E-state index contributed by atoms with van der Waals surface area (Å²) in [6.07, 6.45) is 3.26. The molecular formula is C16H26N4S. The first-order chi connectivity index (χ1) is 10.3. The van der Waals surface area contributed by atoms with Gasteiger partial charge in [0.1, 0.15) is 0 Å². The van der Waals surface area contributed by atoms with E-state index in [4.69, 9.17) is 0 Å². The Hall–Kier alpha value is -1.36. The smallest absolute Gasteiger partial charge is 0.191 e. The summed E-state index contributed by atoms with van der Waals surface area (Å²) in [6, 6.07) is 9.30. The van der Waals surface area contributed by atoms with Crippen molar-refractivity contribution >= 4 is 23.4 Å². The third kappa shape index (κ3) is 4.30. The van der Waals surface area contributed by atoms with Crippen LogP contribution in [0.2, 0.25) is 0 Å². The lowest BCUT2D eigenvalue weighted by atomic mass is 10.1. The van der Waals surface area contributed by atoms with Crippen LogP contribution in [0.1, 0.15) is 12.5 Å². The predicted octanol–water partition coefficient (Wildman–Crippen LogP) is 1.97. The molecule has 0 spiro atoms. The van der Waals surface area contributed by atoms with E-state index in [-0.39, 0.29) is 0 Å². The van der Waals surface area contributed by atoms with Gasteiger partial charge in [-0.25, -0.2) is 0 Å². The number of nitrogens with one attached hydrogen (secondary N) is 2. The number of rotatable bonds is 6. The van der Waals surface area contributed by atoms with Gasteiger partial charge in [-0.2, -0.15) is 11.8 Å². The maximum atomic E-state index is 4.25. The number of nitrogens with zero attached hydrogens (tertiary/aromatic N) is 2. The highest BCUT2D eigenvalue weighted by Gasteiger charge is 2.24. The first-order valence-electron chi connectivity index (χ1n) is 7.54. The fraction of sp³-hybridized carbons (Fsp3) is 0.562. The Balaban J connectivity index is 1.80. The Labute approximate surface area is 132 Å². The summed E-state index contributed by atoms with van der Waals surface area (Å²) in [5, 5.41) is 6.72. The summed E-state index contributed by atoms with van der Waals surface area (Å²) in [5.74, 6) is 1.99. The molecule has 0 fully saturated rings. The van der Waals surface area contributed by atoms with Gasteiger partial charge in [0.2, 0.25) is 0 Å². The maximum absolute atomic E-state index is 4.25. The van der Waals surface area contributed by atoms with E-state index in [9.17, 15) is 0 Å². The minimum atomic E-state index is 0.579. The van der Waals surface area contributed by atoms with Gasteiger partial charge < -0.3 is 15.5 Å². The van der Waals surface area contributed by atoms with Gasteiger partial charge in [-0.3, -0.25) is 4.99 Å². The number of benzene rings is 1. The number of thioether (sulfide) groups is 1. The van der Waals surface area contributed by atoms with E-state index in [1.54, 1.807) is 0 Å². The molecule has 0 bridgehead atoms. The quantitative estimate of drug-likeness (QED) is 0.479. The summed E-state index contributed by atoms with van der Waals surface area (Å²) >= 11 is 1.84. The second kappa shape index (κ2) is 8.17. The van der Waals surface area contributed by atoms with E-state index in [1.807, 2.05) is 18.8 Å². The van der Waals surface area contributed by atoms with Crippen LogP contribution in [0.5, 0.6) is 0 Å². The van der Waals surface area contributed by atoms with Crippen molar-refractivity contribution < 1.29 is 0 Å². The zero-order valence-corrected chi connectivity index (χ0v) is 14.0. The standard InChI is InChI=1S/C16H26N4S/c1-13-12-14-6-4-5-7-15(14)20(13)10-8-18-16(17-2)19-9-11-21-3/h4-7,13H,8-12H2,1-3H3,(H2,17,18,19). The normalized spacial score (nSPS) is 17.8. The van der Waals surface area contributed by atoms with Crippen LogP contribution < -0.4 is 15.5 Å². The molecule has 2 rings (SSSR count). The molecule has 1 heterocycles. The van der Waals surface area contributed by atoms with Gasteiger partial charge in [0.15, 0.2) is 5.96 Å². The minimum absolute atomic E-state index is 0.579. The lowest BCUT2D eigenvalue weighted by Gasteiger charge is -2.25. The van der Waals surface area contributed by atoms with E-state index in [2.05, 4.69) is 58.0 Å². The molecule has 0 saturated heterocycles. The Kier molecular flexibility index (Phi) is 6.23. The summed E-state index contributed by atoms with van der Waals surface area (Å²) in [5.41, 5.74) is 2.85. The first-order valence-corrected chi connectivity index (χ1v) is 8.93. The molecule has 21 heavy (non-hydrogen) atoms. The Morgan fingerprint density at radius 2 is 2.10 bits per heavy atom. The highest BCUT2D eigenvalue weighted by Crippen LogP contribution is 2.30. The number of hydrogen-bond acceptors (Lipinski definition) is 3. The van der Waals surface area contributed by atoms with Crippen LogP contribution in [0.25, 0.3) is 0 Å². The Morgan fingerprint density at radius 1 is 1.33 bits per heavy atom. The zero-order chi connectivity index (χ0) is 15.1. The van der Waals surface area contributed by atoms with Gasteiger partial charge in [-0.1, -0.05) is 18.2 Å². The molecule has 0 saturated carbocycles. The van der Waals surface area contributed by atoms with Crippen LogP contribution in [0, 0.1) is 0 Å². The SMILES string of the molecule is CN=C(NCCSC)NCCN1c2ccccc2CC1C. The molecule has 0 aromatic heterocycles. The number of guanidine groups is 1. The van der Waals surface area contributed by atoms with Crippen LogP contribution in [0.4, 0.5) is 5.69 Å². The van der Waals surface area contributed by atoms with Crippen LogP contribution in [0.15, 0.2) is 29.3 Å². The van der Waals surface area contributed by atoms with Crippen molar-refractivity contribution in [3.8, 4) is 0 Å². The average molecular weight is 306 g/mol. The van der Waals surface area contributed by atoms with Gasteiger partial charge in [0.05, 0.1) is 0 Å². The molecule has 116 valence electrons. The van der Waals surface area contributed by atoms with Crippen molar-refractivity contribution in [3.05, 3.63) is 29.8 Å². The second-order valence-corrected chi connectivity index (χ2v) is 6.28. The molecule has 5 heteroatoms. The molecule has 0 radical (unpaired) electrons. The van der Waals surface area contributed by atoms with Crippen molar-refractivity contribution in [1.82, 2.24) is 10.6 Å². The van der Waals surface area contributed by atoms with Crippen molar-refractivity contribution in [2.24, 2.45) is 4.99 Å². The topological polar surface area (TPSA) is 39.7 Å². The third-order valence-corrected chi connectivity index (χ3v) is 4.43. The highest BCUT2D eigenvalue weighted by atomic mass is 32.2. The molecule has 1 aliphatic rings. The van der Waals surface area contributed by atoms with Crippen LogP contribution >= 0.6 is 11.8 Å². The minimum Gasteiger partial charge on any atom is -0.367 e. The summed E-state index contributed by atoms with van der Waals surface area (Å²) in [6.45, 7) is 5.15. The molecule has 0 amide bonds. The fourth-order valence-corrected chi connectivity index (χ4v) is 3.06. The predicted molar refractivity (Wildman–Crippen MR) is 94.7 cm³/mol. The Morgan fingerprint density at radius 3 is 2.86 bits per heavy atom. The monoisotopic (exact) mass is 306 g/mol. The first kappa shape index (κ1) is 16.0. The molecule has 1 aliphatic heterocycles. The van der Waals surface area contributed by atoms with Crippen molar-refractivity contribution in [3.63, 3.8) is 0 Å². The molecule has 1 atom stereocenters. The van der Waals surface area contributed by atoms with Crippen molar-refractivity contribution in [2.45, 2.75) is 19.4 Å². The van der Waals surface area contributed by atoms with E-state index in [0.717, 1.165) is 37.8 Å². The largest absolute Gasteiger partial charge is 0.367 e. The van der Waals surface area contributed by atoms with Gasteiger partial charge in [0.25, 0.3) is 0 Å². The van der Waals surface area contributed by atoms with Crippen molar-refractivity contribution in [1.29, 1.82) is 0 Å². The molecule has 1 aromatic rings. The average Bonchev–Trinajstić information content (AvgIpc) is 2.82. The molecular weight excluding hydrogens is 280 g/mol. The van der Waals surface area contributed by atoms with Crippen LogP contribution in [0.3, 0.4) is 0 Å². The summed E-state index contributed by atoms with van der Waals surface area (Å²) in [4.78, 5) is 6.74. The number of hydrogen-bond donors (Lipinski definition) is 2. The van der Waals surface area contributed by atoms with Crippen LogP contribution in [-0.4, -0.2) is 50.7 Å². The molecule has 1 unspecified atom stereocenters. The van der Waals surface area contributed by atoms with E-state index in [0.29, 0.717) is 6.04 Å². The summed E-state index contributed by atoms with van der Waals surface area (Å²) in [7, 11) is 1.82. The maximum Gasteiger partial charge on any atom is 0.191 e. The third-order valence-electron chi connectivity index (χ3n) is 3.82. The van der Waals surface area contributed by atoms with Gasteiger partial charge in [-0.15, -0.1) is 0 Å². The van der Waals surface area contributed by atoms with E-state index >= 15 is 0 Å². The van der Waals surface area contributed by atoms with Crippen molar-refractivity contribution in [2.75, 3.05) is 43.6 Å². The molecule has 2 N–H and O–H groups in total. The molecule has 0 aliphatic carbocycles. The Bertz CT molecular complexity index is 475.